The van der Waals surface area contributed by atoms with Crippen molar-refractivity contribution in [2.75, 3.05) is 17.7 Å². The molecule has 5 nitrogen and oxygen atoms in total. The summed E-state index contributed by atoms with van der Waals surface area (Å²) in [6, 6.07) is 3.97. The molecule has 0 aliphatic heterocycles. The molecule has 0 bridgehead atoms. The molecule has 0 fully saturated rings. The van der Waals surface area contributed by atoms with Crippen molar-refractivity contribution < 1.29 is 14.1 Å². The van der Waals surface area contributed by atoms with Crippen molar-refractivity contribution in [3.63, 3.8) is 0 Å². The number of nitrogens with two attached hydrogens (primary N) is 1. The first-order chi connectivity index (χ1) is 7.90. The van der Waals surface area contributed by atoms with E-state index >= 15 is 0 Å². The lowest BCUT2D eigenvalue weighted by atomic mass is 10.1. The van der Waals surface area contributed by atoms with E-state index in [0.717, 1.165) is 0 Å². The first kappa shape index (κ1) is 13.5. The molecular weight excluding hydrogens is 240 g/mol. The van der Waals surface area contributed by atoms with Gasteiger partial charge in [-0.3, -0.25) is 9.00 Å². The number of hydrogen-bond acceptors (Lipinski definition) is 4. The van der Waals surface area contributed by atoms with Crippen LogP contribution in [0.3, 0.4) is 0 Å². The summed E-state index contributed by atoms with van der Waals surface area (Å²) in [5.74, 6) is -0.0165. The van der Waals surface area contributed by atoms with Crippen LogP contribution in [-0.2, 0) is 10.8 Å². The molecule has 6 heteroatoms. The van der Waals surface area contributed by atoms with Gasteiger partial charge in [-0.25, -0.2) is 0 Å². The van der Waals surface area contributed by atoms with Crippen LogP contribution >= 0.6 is 0 Å². The number of carbonyl (C=O) groups is 1. The Labute approximate surface area is 102 Å². The molecule has 2 atom stereocenters. The second-order valence-electron chi connectivity index (χ2n) is 3.89. The van der Waals surface area contributed by atoms with Gasteiger partial charge in [0.15, 0.2) is 0 Å². The van der Waals surface area contributed by atoms with Crippen LogP contribution in [-0.4, -0.2) is 33.3 Å². The zero-order chi connectivity index (χ0) is 13.0. The molecule has 0 spiro atoms. The summed E-state index contributed by atoms with van der Waals surface area (Å²) in [4.78, 5) is 11.8. The van der Waals surface area contributed by atoms with Crippen molar-refractivity contribution in [2.45, 2.75) is 13.0 Å². The van der Waals surface area contributed by atoms with Gasteiger partial charge in [-0.05, 0) is 25.1 Å². The molecule has 17 heavy (non-hydrogen) atoms. The van der Waals surface area contributed by atoms with Gasteiger partial charge < -0.3 is 16.2 Å². The maximum absolute atomic E-state index is 11.8. The molecule has 4 N–H and O–H groups in total. The van der Waals surface area contributed by atoms with Crippen LogP contribution in [0.25, 0.3) is 0 Å². The molecule has 1 rings (SSSR count). The third-order valence-corrected chi connectivity index (χ3v) is 3.11. The molecule has 0 aliphatic carbocycles. The molecule has 1 aromatic carbocycles. The molecule has 1 amide bonds. The second-order valence-corrected chi connectivity index (χ2v) is 5.37. The fraction of sp³-hybridized carbons (Fsp3) is 0.364. The van der Waals surface area contributed by atoms with Gasteiger partial charge in [-0.1, -0.05) is 0 Å². The van der Waals surface area contributed by atoms with E-state index in [4.69, 9.17) is 5.73 Å². The summed E-state index contributed by atoms with van der Waals surface area (Å²) < 4.78 is 11.0. The number of aromatic hydroxyl groups is 1. The van der Waals surface area contributed by atoms with E-state index in [1.54, 1.807) is 13.2 Å². The van der Waals surface area contributed by atoms with E-state index in [9.17, 15) is 14.1 Å². The number of carbonyl (C=O) groups excluding carboxylic acids is 1. The highest BCUT2D eigenvalue weighted by Crippen LogP contribution is 2.18. The Kier molecular flexibility index (Phi) is 4.51. The number of benzene rings is 1. The Balaban J connectivity index is 2.76. The quantitative estimate of drug-likeness (QED) is 0.539. The molecule has 0 aliphatic rings. The minimum absolute atomic E-state index is 0.0175. The summed E-state index contributed by atoms with van der Waals surface area (Å²) in [6.07, 6.45) is 1.57. The zero-order valence-corrected chi connectivity index (χ0v) is 10.6. The number of hydrogen-bond donors (Lipinski definition) is 3. The highest BCUT2D eigenvalue weighted by Gasteiger charge is 2.14. The highest BCUT2D eigenvalue weighted by molar-refractivity contribution is 7.84. The van der Waals surface area contributed by atoms with E-state index in [-0.39, 0.29) is 23.3 Å². The van der Waals surface area contributed by atoms with Crippen LogP contribution in [0, 0.1) is 0 Å². The topological polar surface area (TPSA) is 92.4 Å². The van der Waals surface area contributed by atoms with Gasteiger partial charge >= 0.3 is 0 Å². The molecule has 0 saturated carbocycles. The van der Waals surface area contributed by atoms with E-state index < -0.39 is 10.8 Å². The molecule has 0 saturated heterocycles. The number of phenolic OH excluding ortho intramolecular Hbond substituents is 1. The number of amides is 1. The minimum atomic E-state index is -0.974. The van der Waals surface area contributed by atoms with Crippen LogP contribution in [0.1, 0.15) is 17.3 Å². The van der Waals surface area contributed by atoms with Gasteiger partial charge in [0.25, 0.3) is 5.91 Å². The van der Waals surface area contributed by atoms with Crippen molar-refractivity contribution in [1.29, 1.82) is 0 Å². The first-order valence-corrected chi connectivity index (χ1v) is 6.82. The number of nitrogens with one attached hydrogen (secondary N) is 1. The maximum Gasteiger partial charge on any atom is 0.253 e. The Morgan fingerprint density at radius 3 is 2.82 bits per heavy atom. The van der Waals surface area contributed by atoms with Gasteiger partial charge in [-0.15, -0.1) is 0 Å². The van der Waals surface area contributed by atoms with Crippen LogP contribution in [0.5, 0.6) is 5.75 Å². The predicted molar refractivity (Wildman–Crippen MR) is 68.4 cm³/mol. The molecule has 94 valence electrons. The highest BCUT2D eigenvalue weighted by atomic mass is 32.2. The predicted octanol–water partition coefficient (Wildman–Crippen LogP) is 0.471. The van der Waals surface area contributed by atoms with Gasteiger partial charge in [0.05, 0.1) is 5.56 Å². The lowest BCUT2D eigenvalue weighted by Crippen LogP contribution is -2.36. The smallest absolute Gasteiger partial charge is 0.253 e. The van der Waals surface area contributed by atoms with E-state index in [0.29, 0.717) is 11.4 Å². The molecule has 0 heterocycles. The fourth-order valence-electron chi connectivity index (χ4n) is 1.44. The van der Waals surface area contributed by atoms with Crippen molar-refractivity contribution >= 4 is 22.4 Å². The third kappa shape index (κ3) is 4.07. The van der Waals surface area contributed by atoms with E-state index in [1.165, 1.54) is 18.2 Å². The molecule has 1 aromatic rings. The Morgan fingerprint density at radius 2 is 2.24 bits per heavy atom. The average Bonchev–Trinajstić information content (AvgIpc) is 2.20. The standard InChI is InChI=1S/C11H16N2O3S/c1-7(6-17(2)16)13-11(15)9-5-8(14)3-4-10(9)12/h3-5,7,14H,6,12H2,1-2H3,(H,13,15). The molecule has 0 radical (unpaired) electrons. The van der Waals surface area contributed by atoms with Crippen molar-refractivity contribution in [3.05, 3.63) is 23.8 Å². The lowest BCUT2D eigenvalue weighted by molar-refractivity contribution is 0.0944. The van der Waals surface area contributed by atoms with Gasteiger partial charge in [0.2, 0.25) is 0 Å². The maximum atomic E-state index is 11.8. The summed E-state index contributed by atoms with van der Waals surface area (Å²) in [6.45, 7) is 1.76. The first-order valence-electron chi connectivity index (χ1n) is 5.09. The zero-order valence-electron chi connectivity index (χ0n) is 9.77. The number of phenols is 1. The van der Waals surface area contributed by atoms with Gasteiger partial charge in [0.1, 0.15) is 5.75 Å². The second kappa shape index (κ2) is 5.67. The van der Waals surface area contributed by atoms with E-state index in [1.807, 2.05) is 0 Å². The Hall–Kier alpha value is -1.56. The largest absolute Gasteiger partial charge is 0.508 e. The van der Waals surface area contributed by atoms with Crippen molar-refractivity contribution in [3.8, 4) is 5.75 Å². The van der Waals surface area contributed by atoms with Crippen LogP contribution < -0.4 is 11.1 Å². The average molecular weight is 256 g/mol. The van der Waals surface area contributed by atoms with Gasteiger partial charge in [0, 0.05) is 34.5 Å². The number of anilines is 1. The SMILES string of the molecule is CC(CS(C)=O)NC(=O)c1cc(O)ccc1N. The molecule has 2 unspecified atom stereocenters. The number of rotatable bonds is 4. The van der Waals surface area contributed by atoms with Crippen LogP contribution in [0.4, 0.5) is 5.69 Å². The van der Waals surface area contributed by atoms with E-state index in [2.05, 4.69) is 5.32 Å². The normalized spacial score (nSPS) is 14.0. The summed E-state index contributed by atoms with van der Waals surface area (Å²) in [5, 5.41) is 12.0. The summed E-state index contributed by atoms with van der Waals surface area (Å²) >= 11 is 0. The van der Waals surface area contributed by atoms with Crippen LogP contribution in [0.2, 0.25) is 0 Å². The third-order valence-electron chi connectivity index (χ3n) is 2.14. The van der Waals surface area contributed by atoms with Gasteiger partial charge in [-0.2, -0.15) is 0 Å². The van der Waals surface area contributed by atoms with Crippen molar-refractivity contribution in [1.82, 2.24) is 5.32 Å². The monoisotopic (exact) mass is 256 g/mol. The minimum Gasteiger partial charge on any atom is -0.508 e. The Bertz CT molecular complexity index is 448. The summed E-state index contributed by atoms with van der Waals surface area (Å²) in [5.41, 5.74) is 6.15. The lowest BCUT2D eigenvalue weighted by Gasteiger charge is -2.13. The molecular formula is C11H16N2O3S. The molecule has 0 aromatic heterocycles. The Morgan fingerprint density at radius 1 is 1.59 bits per heavy atom. The summed E-state index contributed by atoms with van der Waals surface area (Å²) in [7, 11) is -0.974. The number of nitrogen functional groups attached to an aromatic ring is 1. The van der Waals surface area contributed by atoms with Crippen molar-refractivity contribution in [2.24, 2.45) is 0 Å². The fourth-order valence-corrected chi connectivity index (χ4v) is 2.22. The van der Waals surface area contributed by atoms with Crippen LogP contribution in [0.15, 0.2) is 18.2 Å².